The molecule has 0 atom stereocenters. The SMILES string of the molecule is Cc1ccc(NCCC(=O)OC(C)(C)C)c(F)c1. The molecule has 0 aromatic heterocycles. The Morgan fingerprint density at radius 1 is 1.39 bits per heavy atom. The molecule has 1 aromatic rings. The molecular formula is C14H20FNO2. The summed E-state index contributed by atoms with van der Waals surface area (Å²) in [5, 5.41) is 2.88. The number of carbonyl (C=O) groups excluding carboxylic acids is 1. The third-order valence-electron chi connectivity index (χ3n) is 2.19. The highest BCUT2D eigenvalue weighted by Gasteiger charge is 2.15. The number of benzene rings is 1. The lowest BCUT2D eigenvalue weighted by Crippen LogP contribution is -2.25. The van der Waals surface area contributed by atoms with Gasteiger partial charge in [-0.15, -0.1) is 0 Å². The van der Waals surface area contributed by atoms with E-state index >= 15 is 0 Å². The standard InChI is InChI=1S/C14H20FNO2/c1-10-5-6-12(11(15)9-10)16-8-7-13(17)18-14(2,3)4/h5-6,9,16H,7-8H2,1-4H3. The first-order chi connectivity index (χ1) is 8.28. The molecule has 0 fully saturated rings. The maximum Gasteiger partial charge on any atom is 0.308 e. The van der Waals surface area contributed by atoms with Gasteiger partial charge < -0.3 is 10.1 Å². The minimum absolute atomic E-state index is 0.213. The second-order valence-corrected chi connectivity index (χ2v) is 5.25. The second kappa shape index (κ2) is 5.85. The maximum atomic E-state index is 13.5. The summed E-state index contributed by atoms with van der Waals surface area (Å²) < 4.78 is 18.6. The molecule has 0 aliphatic heterocycles. The van der Waals surface area contributed by atoms with Gasteiger partial charge >= 0.3 is 5.97 Å². The zero-order chi connectivity index (χ0) is 13.8. The van der Waals surface area contributed by atoms with Crippen molar-refractivity contribution in [3.8, 4) is 0 Å². The van der Waals surface area contributed by atoms with E-state index in [0.717, 1.165) is 5.56 Å². The number of carbonyl (C=O) groups is 1. The van der Waals surface area contributed by atoms with Crippen LogP contribution in [0.3, 0.4) is 0 Å². The molecule has 1 rings (SSSR count). The Morgan fingerprint density at radius 2 is 2.06 bits per heavy atom. The highest BCUT2D eigenvalue weighted by Crippen LogP contribution is 2.15. The summed E-state index contributed by atoms with van der Waals surface area (Å²) in [5.74, 6) is -0.596. The van der Waals surface area contributed by atoms with Crippen LogP contribution in [0.4, 0.5) is 10.1 Å². The maximum absolute atomic E-state index is 13.5. The number of anilines is 1. The number of hydrogen-bond donors (Lipinski definition) is 1. The van der Waals surface area contributed by atoms with Gasteiger partial charge in [-0.25, -0.2) is 4.39 Å². The average molecular weight is 253 g/mol. The van der Waals surface area contributed by atoms with Crippen LogP contribution in [-0.2, 0) is 9.53 Å². The predicted octanol–water partition coefficient (Wildman–Crippen LogP) is 3.28. The third-order valence-corrected chi connectivity index (χ3v) is 2.19. The third kappa shape index (κ3) is 5.17. The predicted molar refractivity (Wildman–Crippen MR) is 70.1 cm³/mol. The molecule has 0 aliphatic rings. The van der Waals surface area contributed by atoms with Crippen molar-refractivity contribution in [2.45, 2.75) is 39.7 Å². The summed E-state index contributed by atoms with van der Waals surface area (Å²) in [4.78, 5) is 11.4. The van der Waals surface area contributed by atoms with E-state index in [-0.39, 0.29) is 18.2 Å². The fourth-order valence-electron chi connectivity index (χ4n) is 1.46. The van der Waals surface area contributed by atoms with Gasteiger partial charge in [0.05, 0.1) is 12.1 Å². The van der Waals surface area contributed by atoms with Gasteiger partial charge in [0.2, 0.25) is 0 Å². The zero-order valence-corrected chi connectivity index (χ0v) is 11.3. The first-order valence-electron chi connectivity index (χ1n) is 6.00. The molecule has 3 nitrogen and oxygen atoms in total. The molecule has 0 spiro atoms. The lowest BCUT2D eigenvalue weighted by atomic mass is 10.2. The van der Waals surface area contributed by atoms with E-state index in [1.54, 1.807) is 6.07 Å². The number of hydrogen-bond acceptors (Lipinski definition) is 3. The molecule has 0 saturated heterocycles. The van der Waals surface area contributed by atoms with E-state index in [9.17, 15) is 9.18 Å². The molecule has 1 aromatic carbocycles. The molecule has 0 heterocycles. The van der Waals surface area contributed by atoms with Crippen LogP contribution in [0.5, 0.6) is 0 Å². The lowest BCUT2D eigenvalue weighted by molar-refractivity contribution is -0.154. The number of halogens is 1. The monoisotopic (exact) mass is 253 g/mol. The van der Waals surface area contributed by atoms with Crippen molar-refractivity contribution in [3.63, 3.8) is 0 Å². The van der Waals surface area contributed by atoms with Gasteiger partial charge in [0.25, 0.3) is 0 Å². The van der Waals surface area contributed by atoms with Crippen molar-refractivity contribution in [2.24, 2.45) is 0 Å². The molecule has 0 unspecified atom stereocenters. The van der Waals surface area contributed by atoms with Gasteiger partial charge in [0, 0.05) is 6.54 Å². The van der Waals surface area contributed by atoms with Crippen LogP contribution < -0.4 is 5.32 Å². The summed E-state index contributed by atoms with van der Waals surface area (Å²) >= 11 is 0. The van der Waals surface area contributed by atoms with Gasteiger partial charge in [0.15, 0.2) is 0 Å². The van der Waals surface area contributed by atoms with Crippen molar-refractivity contribution in [1.29, 1.82) is 0 Å². The zero-order valence-electron chi connectivity index (χ0n) is 11.3. The number of nitrogens with one attached hydrogen (secondary N) is 1. The van der Waals surface area contributed by atoms with Crippen LogP contribution in [0.15, 0.2) is 18.2 Å². The van der Waals surface area contributed by atoms with E-state index < -0.39 is 5.60 Å². The van der Waals surface area contributed by atoms with E-state index in [1.807, 2.05) is 33.8 Å². The first-order valence-corrected chi connectivity index (χ1v) is 6.00. The second-order valence-electron chi connectivity index (χ2n) is 5.25. The van der Waals surface area contributed by atoms with Crippen molar-refractivity contribution < 1.29 is 13.9 Å². The van der Waals surface area contributed by atoms with Crippen LogP contribution in [0, 0.1) is 12.7 Å². The van der Waals surface area contributed by atoms with Crippen molar-refractivity contribution >= 4 is 11.7 Å². The number of rotatable bonds is 4. The Labute approximate surface area is 107 Å². The molecule has 18 heavy (non-hydrogen) atoms. The fraction of sp³-hybridized carbons (Fsp3) is 0.500. The summed E-state index contributed by atoms with van der Waals surface area (Å²) in [6, 6.07) is 4.94. The number of ether oxygens (including phenoxy) is 1. The Morgan fingerprint density at radius 3 is 2.61 bits per heavy atom. The van der Waals surface area contributed by atoms with Gasteiger partial charge in [-0.2, -0.15) is 0 Å². The minimum atomic E-state index is -0.480. The molecule has 0 aliphatic carbocycles. The van der Waals surface area contributed by atoms with Gasteiger partial charge in [-0.3, -0.25) is 4.79 Å². The fourth-order valence-corrected chi connectivity index (χ4v) is 1.46. The molecule has 0 bridgehead atoms. The topological polar surface area (TPSA) is 38.3 Å². The summed E-state index contributed by atoms with van der Waals surface area (Å²) in [7, 11) is 0. The van der Waals surface area contributed by atoms with E-state index in [2.05, 4.69) is 5.32 Å². The smallest absolute Gasteiger partial charge is 0.308 e. The Hall–Kier alpha value is -1.58. The van der Waals surface area contributed by atoms with Crippen molar-refractivity contribution in [2.75, 3.05) is 11.9 Å². The highest BCUT2D eigenvalue weighted by molar-refractivity contribution is 5.70. The Bertz CT molecular complexity index is 424. The molecular weight excluding hydrogens is 233 g/mol. The number of aryl methyl sites for hydroxylation is 1. The molecule has 1 N–H and O–H groups in total. The van der Waals surface area contributed by atoms with Gasteiger partial charge in [0.1, 0.15) is 11.4 Å². The Balaban J connectivity index is 2.40. The van der Waals surface area contributed by atoms with Crippen LogP contribution in [0.25, 0.3) is 0 Å². The van der Waals surface area contributed by atoms with Crippen LogP contribution >= 0.6 is 0 Å². The lowest BCUT2D eigenvalue weighted by Gasteiger charge is -2.19. The average Bonchev–Trinajstić information content (AvgIpc) is 2.18. The molecule has 4 heteroatoms. The normalized spacial score (nSPS) is 11.2. The molecule has 0 saturated carbocycles. The van der Waals surface area contributed by atoms with E-state index in [0.29, 0.717) is 12.2 Å². The van der Waals surface area contributed by atoms with Crippen LogP contribution in [-0.4, -0.2) is 18.1 Å². The number of esters is 1. The minimum Gasteiger partial charge on any atom is -0.460 e. The van der Waals surface area contributed by atoms with Crippen molar-refractivity contribution in [1.82, 2.24) is 0 Å². The molecule has 100 valence electrons. The summed E-state index contributed by atoms with van der Waals surface area (Å²) in [6.45, 7) is 7.64. The largest absolute Gasteiger partial charge is 0.460 e. The molecule has 0 radical (unpaired) electrons. The highest BCUT2D eigenvalue weighted by atomic mass is 19.1. The Kier molecular flexibility index (Phi) is 4.70. The van der Waals surface area contributed by atoms with E-state index in [4.69, 9.17) is 4.74 Å². The van der Waals surface area contributed by atoms with Crippen molar-refractivity contribution in [3.05, 3.63) is 29.6 Å². The summed E-state index contributed by atoms with van der Waals surface area (Å²) in [6.07, 6.45) is 0.213. The van der Waals surface area contributed by atoms with Crippen LogP contribution in [0.2, 0.25) is 0 Å². The quantitative estimate of drug-likeness (QED) is 0.837. The van der Waals surface area contributed by atoms with E-state index in [1.165, 1.54) is 6.07 Å². The first kappa shape index (κ1) is 14.5. The van der Waals surface area contributed by atoms with Crippen LogP contribution in [0.1, 0.15) is 32.8 Å². The molecule has 0 amide bonds. The summed E-state index contributed by atoms with van der Waals surface area (Å²) in [5.41, 5.74) is 0.793. The van der Waals surface area contributed by atoms with Gasteiger partial charge in [-0.1, -0.05) is 6.07 Å². The van der Waals surface area contributed by atoms with Gasteiger partial charge in [-0.05, 0) is 45.4 Å².